The highest BCUT2D eigenvalue weighted by atomic mass is 79.9. The Kier molecular flexibility index (Phi) is 8.13. The number of methoxy groups -OCH3 is 1. The SMILES string of the molecule is COc1cc(Br)ccc1[C@@H](CCC(F)(F)F)N1CCNCC1.Cl. The van der Waals surface area contributed by atoms with Crippen molar-refractivity contribution in [2.75, 3.05) is 33.3 Å². The molecule has 1 aromatic rings. The van der Waals surface area contributed by atoms with Crippen molar-refractivity contribution >= 4 is 28.3 Å². The summed E-state index contributed by atoms with van der Waals surface area (Å²) < 4.78 is 44.3. The average Bonchev–Trinajstić information content (AvgIpc) is 2.48. The van der Waals surface area contributed by atoms with Crippen LogP contribution in [0.5, 0.6) is 5.75 Å². The van der Waals surface area contributed by atoms with Gasteiger partial charge < -0.3 is 10.1 Å². The number of rotatable bonds is 5. The molecule has 1 aliphatic rings. The van der Waals surface area contributed by atoms with Crippen LogP contribution in [-0.2, 0) is 0 Å². The summed E-state index contributed by atoms with van der Waals surface area (Å²) in [7, 11) is 1.55. The van der Waals surface area contributed by atoms with E-state index in [-0.39, 0.29) is 24.9 Å². The Morgan fingerprint density at radius 2 is 1.96 bits per heavy atom. The Bertz CT molecular complexity index is 496. The molecule has 1 atom stereocenters. The Balaban J connectivity index is 0.00000264. The van der Waals surface area contributed by atoms with Gasteiger partial charge in [0.1, 0.15) is 5.75 Å². The van der Waals surface area contributed by atoms with Crippen LogP contribution in [0.4, 0.5) is 13.2 Å². The molecule has 0 amide bonds. The van der Waals surface area contributed by atoms with Crippen molar-refractivity contribution in [1.29, 1.82) is 0 Å². The molecule has 0 unspecified atom stereocenters. The van der Waals surface area contributed by atoms with Gasteiger partial charge in [-0.3, -0.25) is 4.90 Å². The first-order valence-corrected chi connectivity index (χ1v) is 8.05. The van der Waals surface area contributed by atoms with Gasteiger partial charge in [0.15, 0.2) is 0 Å². The minimum atomic E-state index is -4.14. The fourth-order valence-electron chi connectivity index (χ4n) is 2.79. The van der Waals surface area contributed by atoms with Crippen molar-refractivity contribution in [3.05, 3.63) is 28.2 Å². The largest absolute Gasteiger partial charge is 0.496 e. The maximum atomic E-state index is 12.7. The van der Waals surface area contributed by atoms with Crippen molar-refractivity contribution in [2.24, 2.45) is 0 Å². The third-order valence-electron chi connectivity index (χ3n) is 3.85. The summed E-state index contributed by atoms with van der Waals surface area (Å²) in [5, 5.41) is 3.23. The highest BCUT2D eigenvalue weighted by molar-refractivity contribution is 9.10. The van der Waals surface area contributed by atoms with Gasteiger partial charge in [0.05, 0.1) is 7.11 Å². The lowest BCUT2D eigenvalue weighted by Gasteiger charge is -2.36. The molecule has 1 aromatic carbocycles. The monoisotopic (exact) mass is 416 g/mol. The van der Waals surface area contributed by atoms with Crippen LogP contribution in [0, 0.1) is 0 Å². The lowest BCUT2D eigenvalue weighted by molar-refractivity contribution is -0.138. The molecule has 0 spiro atoms. The van der Waals surface area contributed by atoms with Gasteiger partial charge in [-0.25, -0.2) is 0 Å². The summed E-state index contributed by atoms with van der Waals surface area (Å²) in [6.45, 7) is 3.06. The molecule has 132 valence electrons. The molecule has 3 nitrogen and oxygen atoms in total. The van der Waals surface area contributed by atoms with E-state index in [0.717, 1.165) is 36.2 Å². The zero-order chi connectivity index (χ0) is 16.2. The number of hydrogen-bond acceptors (Lipinski definition) is 3. The molecule has 23 heavy (non-hydrogen) atoms. The van der Waals surface area contributed by atoms with E-state index in [1.54, 1.807) is 13.2 Å². The second kappa shape index (κ2) is 9.11. The Labute approximate surface area is 149 Å². The first kappa shape index (κ1) is 20.5. The van der Waals surface area contributed by atoms with E-state index in [1.807, 2.05) is 12.1 Å². The normalized spacial score (nSPS) is 17.4. The van der Waals surface area contributed by atoms with Gasteiger partial charge in [-0.1, -0.05) is 22.0 Å². The van der Waals surface area contributed by atoms with Crippen LogP contribution in [0.15, 0.2) is 22.7 Å². The van der Waals surface area contributed by atoms with Gasteiger partial charge in [0.25, 0.3) is 0 Å². The van der Waals surface area contributed by atoms with E-state index in [1.165, 1.54) is 0 Å². The van der Waals surface area contributed by atoms with E-state index < -0.39 is 12.6 Å². The predicted octanol–water partition coefficient (Wildman–Crippen LogP) is 4.17. The minimum Gasteiger partial charge on any atom is -0.496 e. The van der Waals surface area contributed by atoms with Crippen LogP contribution < -0.4 is 10.1 Å². The van der Waals surface area contributed by atoms with E-state index >= 15 is 0 Å². The molecule has 0 aromatic heterocycles. The number of nitrogens with zero attached hydrogens (tertiary/aromatic N) is 1. The van der Waals surface area contributed by atoms with E-state index in [4.69, 9.17) is 4.74 Å². The number of alkyl halides is 3. The third-order valence-corrected chi connectivity index (χ3v) is 4.34. The fraction of sp³-hybridized carbons (Fsp3) is 0.600. The van der Waals surface area contributed by atoms with Crippen LogP contribution in [0.25, 0.3) is 0 Å². The van der Waals surface area contributed by atoms with Crippen molar-refractivity contribution in [3.63, 3.8) is 0 Å². The summed E-state index contributed by atoms with van der Waals surface area (Å²) in [5.74, 6) is 0.625. The molecule has 1 aliphatic heterocycles. The van der Waals surface area contributed by atoms with Crippen molar-refractivity contribution in [2.45, 2.75) is 25.1 Å². The molecule has 0 saturated carbocycles. The van der Waals surface area contributed by atoms with Crippen molar-refractivity contribution in [1.82, 2.24) is 10.2 Å². The topological polar surface area (TPSA) is 24.5 Å². The summed E-state index contributed by atoms with van der Waals surface area (Å²) in [6.07, 6.45) is -4.89. The first-order chi connectivity index (χ1) is 10.4. The molecule has 1 fully saturated rings. The number of nitrogens with one attached hydrogen (secondary N) is 1. The zero-order valence-corrected chi connectivity index (χ0v) is 15.2. The quantitative estimate of drug-likeness (QED) is 0.778. The average molecular weight is 418 g/mol. The first-order valence-electron chi connectivity index (χ1n) is 7.25. The number of halogens is 5. The summed E-state index contributed by atoms with van der Waals surface area (Å²) in [4.78, 5) is 2.11. The zero-order valence-electron chi connectivity index (χ0n) is 12.8. The van der Waals surface area contributed by atoms with Gasteiger partial charge in [-0.15, -0.1) is 12.4 Å². The molecule has 0 bridgehead atoms. The van der Waals surface area contributed by atoms with Crippen LogP contribution in [0.3, 0.4) is 0 Å². The second-order valence-corrected chi connectivity index (χ2v) is 6.26. The van der Waals surface area contributed by atoms with Gasteiger partial charge in [0.2, 0.25) is 0 Å². The van der Waals surface area contributed by atoms with Gasteiger partial charge >= 0.3 is 6.18 Å². The van der Waals surface area contributed by atoms with E-state index in [2.05, 4.69) is 26.1 Å². The molecule has 1 N–H and O–H groups in total. The summed E-state index contributed by atoms with van der Waals surface area (Å²) in [6, 6.07) is 5.22. The molecule has 2 rings (SSSR count). The maximum Gasteiger partial charge on any atom is 0.389 e. The molecule has 1 saturated heterocycles. The Hall–Kier alpha value is -0.500. The van der Waals surface area contributed by atoms with Gasteiger partial charge in [0, 0.05) is 48.7 Å². The number of ether oxygens (including phenoxy) is 1. The molecular formula is C15H21BrClF3N2O. The number of hydrogen-bond donors (Lipinski definition) is 1. The number of piperazine rings is 1. The van der Waals surface area contributed by atoms with Crippen molar-refractivity contribution in [3.8, 4) is 5.75 Å². The van der Waals surface area contributed by atoms with Crippen molar-refractivity contribution < 1.29 is 17.9 Å². The van der Waals surface area contributed by atoms with Crippen LogP contribution in [-0.4, -0.2) is 44.4 Å². The Morgan fingerprint density at radius 1 is 1.30 bits per heavy atom. The molecule has 1 heterocycles. The summed E-state index contributed by atoms with van der Waals surface area (Å²) in [5.41, 5.74) is 0.817. The van der Waals surface area contributed by atoms with E-state index in [0.29, 0.717) is 5.75 Å². The minimum absolute atomic E-state index is 0. The third kappa shape index (κ3) is 6.14. The molecule has 8 heteroatoms. The maximum absolute atomic E-state index is 12.7. The smallest absolute Gasteiger partial charge is 0.389 e. The number of benzene rings is 1. The lowest BCUT2D eigenvalue weighted by Crippen LogP contribution is -2.45. The standard InChI is InChI=1S/C15H20BrF3N2O.ClH/c1-22-14-10-11(16)2-3-12(14)13(4-5-15(17,18)19)21-8-6-20-7-9-21;/h2-3,10,13,20H,4-9H2,1H3;1H/t13-;/m1./s1. The van der Waals surface area contributed by atoms with Gasteiger partial charge in [-0.2, -0.15) is 13.2 Å². The Morgan fingerprint density at radius 3 is 2.52 bits per heavy atom. The highest BCUT2D eigenvalue weighted by Gasteiger charge is 2.32. The molecule has 0 radical (unpaired) electrons. The van der Waals surface area contributed by atoms with Crippen LogP contribution in [0.1, 0.15) is 24.4 Å². The second-order valence-electron chi connectivity index (χ2n) is 5.34. The molecule has 0 aliphatic carbocycles. The highest BCUT2D eigenvalue weighted by Crippen LogP contribution is 2.37. The predicted molar refractivity (Wildman–Crippen MR) is 90.4 cm³/mol. The van der Waals surface area contributed by atoms with Crippen LogP contribution >= 0.6 is 28.3 Å². The summed E-state index contributed by atoms with van der Waals surface area (Å²) >= 11 is 3.37. The van der Waals surface area contributed by atoms with Crippen LogP contribution in [0.2, 0.25) is 0 Å². The lowest BCUT2D eigenvalue weighted by atomic mass is 9.98. The van der Waals surface area contributed by atoms with Gasteiger partial charge in [-0.05, 0) is 18.6 Å². The fourth-order valence-corrected chi connectivity index (χ4v) is 3.13. The molecular weight excluding hydrogens is 397 g/mol. The van der Waals surface area contributed by atoms with E-state index in [9.17, 15) is 13.2 Å².